The maximum Gasteiger partial charge on any atom is 0.238 e. The number of amides is 1. The average Bonchev–Trinajstić information content (AvgIpc) is 2.85. The van der Waals surface area contributed by atoms with Gasteiger partial charge in [0.25, 0.3) is 0 Å². The summed E-state index contributed by atoms with van der Waals surface area (Å²) in [7, 11) is 1.86. The van der Waals surface area contributed by atoms with Gasteiger partial charge < -0.3 is 15.5 Å². The van der Waals surface area contributed by atoms with Gasteiger partial charge in [-0.3, -0.25) is 9.69 Å². The SMILES string of the molecule is CN(CC(=O)Nc1ccc(Cl)cc1N)Cc1ccoc1. The van der Waals surface area contributed by atoms with Crippen LogP contribution in [0.15, 0.2) is 41.2 Å². The summed E-state index contributed by atoms with van der Waals surface area (Å²) in [6.45, 7) is 0.896. The highest BCUT2D eigenvalue weighted by atomic mass is 35.5. The van der Waals surface area contributed by atoms with E-state index < -0.39 is 0 Å². The zero-order valence-electron chi connectivity index (χ0n) is 11.1. The van der Waals surface area contributed by atoms with Crippen LogP contribution >= 0.6 is 11.6 Å². The number of carbonyl (C=O) groups is 1. The molecule has 20 heavy (non-hydrogen) atoms. The molecule has 0 unspecified atom stereocenters. The Morgan fingerprint density at radius 2 is 2.25 bits per heavy atom. The quantitative estimate of drug-likeness (QED) is 0.831. The number of rotatable bonds is 5. The summed E-state index contributed by atoms with van der Waals surface area (Å²) in [4.78, 5) is 13.8. The summed E-state index contributed by atoms with van der Waals surface area (Å²) in [5.74, 6) is -0.134. The van der Waals surface area contributed by atoms with Gasteiger partial charge in [0.2, 0.25) is 5.91 Å². The average molecular weight is 294 g/mol. The van der Waals surface area contributed by atoms with Crippen molar-refractivity contribution in [3.05, 3.63) is 47.4 Å². The number of nitrogens with one attached hydrogen (secondary N) is 1. The molecule has 0 aliphatic carbocycles. The Balaban J connectivity index is 1.88. The summed E-state index contributed by atoms with van der Waals surface area (Å²) in [6, 6.07) is 6.84. The van der Waals surface area contributed by atoms with Gasteiger partial charge in [0.05, 0.1) is 30.4 Å². The van der Waals surface area contributed by atoms with Crippen LogP contribution in [0.2, 0.25) is 5.02 Å². The third kappa shape index (κ3) is 4.01. The fourth-order valence-electron chi connectivity index (χ4n) is 1.83. The number of hydrogen-bond acceptors (Lipinski definition) is 4. The Bertz CT molecular complexity index is 584. The lowest BCUT2D eigenvalue weighted by Gasteiger charge is -2.15. The molecular weight excluding hydrogens is 278 g/mol. The normalized spacial score (nSPS) is 10.8. The summed E-state index contributed by atoms with van der Waals surface area (Å²) in [5.41, 5.74) is 7.82. The van der Waals surface area contributed by atoms with Crippen molar-refractivity contribution < 1.29 is 9.21 Å². The van der Waals surface area contributed by atoms with Crippen LogP contribution in [0, 0.1) is 0 Å². The van der Waals surface area contributed by atoms with E-state index in [0.29, 0.717) is 22.9 Å². The van der Waals surface area contributed by atoms with E-state index in [1.165, 1.54) is 0 Å². The van der Waals surface area contributed by atoms with Crippen molar-refractivity contribution in [1.82, 2.24) is 4.90 Å². The van der Waals surface area contributed by atoms with E-state index >= 15 is 0 Å². The van der Waals surface area contributed by atoms with Crippen molar-refractivity contribution in [3.63, 3.8) is 0 Å². The smallest absolute Gasteiger partial charge is 0.238 e. The van der Waals surface area contributed by atoms with Crippen LogP contribution in [0.4, 0.5) is 11.4 Å². The van der Waals surface area contributed by atoms with E-state index in [-0.39, 0.29) is 12.5 Å². The second-order valence-corrected chi connectivity index (χ2v) is 5.02. The number of benzene rings is 1. The molecule has 0 aliphatic rings. The zero-order chi connectivity index (χ0) is 14.5. The van der Waals surface area contributed by atoms with Crippen LogP contribution in [0.5, 0.6) is 0 Å². The second kappa shape index (κ2) is 6.45. The molecule has 2 rings (SSSR count). The van der Waals surface area contributed by atoms with Crippen molar-refractivity contribution in [3.8, 4) is 0 Å². The Morgan fingerprint density at radius 3 is 2.90 bits per heavy atom. The van der Waals surface area contributed by atoms with Gasteiger partial charge in [-0.2, -0.15) is 0 Å². The predicted molar refractivity (Wildman–Crippen MR) is 79.5 cm³/mol. The minimum atomic E-state index is -0.134. The highest BCUT2D eigenvalue weighted by molar-refractivity contribution is 6.31. The first kappa shape index (κ1) is 14.4. The van der Waals surface area contributed by atoms with Crippen LogP contribution in [0.1, 0.15) is 5.56 Å². The molecule has 1 aromatic heterocycles. The molecule has 1 heterocycles. The molecular formula is C14H16ClN3O2. The fraction of sp³-hybridized carbons (Fsp3) is 0.214. The Labute approximate surface area is 122 Å². The maximum absolute atomic E-state index is 11.9. The summed E-state index contributed by atoms with van der Waals surface area (Å²) in [5, 5.41) is 3.30. The molecule has 0 fully saturated rings. The molecule has 1 aromatic carbocycles. The van der Waals surface area contributed by atoms with E-state index in [4.69, 9.17) is 21.8 Å². The van der Waals surface area contributed by atoms with E-state index in [1.54, 1.807) is 30.7 Å². The summed E-state index contributed by atoms with van der Waals surface area (Å²) >= 11 is 5.81. The topological polar surface area (TPSA) is 71.5 Å². The van der Waals surface area contributed by atoms with Crippen LogP contribution in [0.25, 0.3) is 0 Å². The van der Waals surface area contributed by atoms with Gasteiger partial charge in [-0.25, -0.2) is 0 Å². The molecule has 3 N–H and O–H groups in total. The van der Waals surface area contributed by atoms with Gasteiger partial charge in [0.1, 0.15) is 0 Å². The zero-order valence-corrected chi connectivity index (χ0v) is 11.9. The van der Waals surface area contributed by atoms with Crippen LogP contribution in [-0.4, -0.2) is 24.4 Å². The number of nitrogens with two attached hydrogens (primary N) is 1. The fourth-order valence-corrected chi connectivity index (χ4v) is 2.01. The van der Waals surface area contributed by atoms with E-state index in [0.717, 1.165) is 5.56 Å². The Morgan fingerprint density at radius 1 is 1.45 bits per heavy atom. The third-order valence-electron chi connectivity index (χ3n) is 2.73. The van der Waals surface area contributed by atoms with E-state index in [9.17, 15) is 4.79 Å². The number of nitrogens with zero attached hydrogens (tertiary/aromatic N) is 1. The molecule has 5 nitrogen and oxygen atoms in total. The highest BCUT2D eigenvalue weighted by Crippen LogP contribution is 2.22. The lowest BCUT2D eigenvalue weighted by atomic mass is 10.2. The Kier molecular flexibility index (Phi) is 4.65. The molecule has 0 saturated carbocycles. The third-order valence-corrected chi connectivity index (χ3v) is 2.97. The van der Waals surface area contributed by atoms with Crippen molar-refractivity contribution >= 4 is 28.9 Å². The van der Waals surface area contributed by atoms with Crippen molar-refractivity contribution in [2.24, 2.45) is 0 Å². The monoisotopic (exact) mass is 293 g/mol. The molecule has 6 heteroatoms. The van der Waals surface area contributed by atoms with Crippen LogP contribution < -0.4 is 11.1 Å². The first-order valence-electron chi connectivity index (χ1n) is 6.09. The largest absolute Gasteiger partial charge is 0.472 e. The van der Waals surface area contributed by atoms with Crippen LogP contribution in [0.3, 0.4) is 0 Å². The molecule has 0 atom stereocenters. The molecule has 0 aliphatic heterocycles. The number of carbonyl (C=O) groups excluding carboxylic acids is 1. The number of anilines is 2. The minimum Gasteiger partial charge on any atom is -0.472 e. The molecule has 0 bridgehead atoms. The lowest BCUT2D eigenvalue weighted by Crippen LogP contribution is -2.29. The van der Waals surface area contributed by atoms with Crippen LogP contribution in [-0.2, 0) is 11.3 Å². The number of hydrogen-bond donors (Lipinski definition) is 2. The maximum atomic E-state index is 11.9. The van der Waals surface area contributed by atoms with E-state index in [2.05, 4.69) is 5.32 Å². The number of nitrogen functional groups attached to an aromatic ring is 1. The standard InChI is InChI=1S/C14H16ClN3O2/c1-18(7-10-4-5-20-9-10)8-14(19)17-13-3-2-11(15)6-12(13)16/h2-6,9H,7-8,16H2,1H3,(H,17,19). The highest BCUT2D eigenvalue weighted by Gasteiger charge is 2.09. The van der Waals surface area contributed by atoms with Gasteiger partial charge in [-0.15, -0.1) is 0 Å². The molecule has 0 saturated heterocycles. The first-order valence-corrected chi connectivity index (χ1v) is 6.47. The lowest BCUT2D eigenvalue weighted by molar-refractivity contribution is -0.117. The second-order valence-electron chi connectivity index (χ2n) is 4.58. The van der Waals surface area contributed by atoms with E-state index in [1.807, 2.05) is 18.0 Å². The van der Waals surface area contributed by atoms with Crippen molar-refractivity contribution in [1.29, 1.82) is 0 Å². The number of halogens is 1. The minimum absolute atomic E-state index is 0.134. The molecule has 0 spiro atoms. The molecule has 0 radical (unpaired) electrons. The molecule has 1 amide bonds. The van der Waals surface area contributed by atoms with Crippen molar-refractivity contribution in [2.75, 3.05) is 24.6 Å². The van der Waals surface area contributed by atoms with Gasteiger partial charge in [0, 0.05) is 17.1 Å². The van der Waals surface area contributed by atoms with Gasteiger partial charge in [0.15, 0.2) is 0 Å². The number of likely N-dealkylation sites (N-methyl/N-ethyl adjacent to an activating group) is 1. The van der Waals surface area contributed by atoms with Gasteiger partial charge in [-0.1, -0.05) is 11.6 Å². The first-order chi connectivity index (χ1) is 9.54. The van der Waals surface area contributed by atoms with Gasteiger partial charge >= 0.3 is 0 Å². The van der Waals surface area contributed by atoms with Gasteiger partial charge in [-0.05, 0) is 31.3 Å². The Hall–Kier alpha value is -1.98. The summed E-state index contributed by atoms with van der Waals surface area (Å²) < 4.78 is 4.99. The molecule has 106 valence electrons. The predicted octanol–water partition coefficient (Wildman–Crippen LogP) is 2.59. The number of furan rings is 1. The summed E-state index contributed by atoms with van der Waals surface area (Å²) in [6.07, 6.45) is 3.27. The van der Waals surface area contributed by atoms with Crippen molar-refractivity contribution in [2.45, 2.75) is 6.54 Å². The molecule has 2 aromatic rings.